The molecule has 1 aliphatic carbocycles. The summed E-state index contributed by atoms with van der Waals surface area (Å²) in [5.41, 5.74) is 6.02. The molecule has 4 heteroatoms. The number of piperidine rings is 1. The second kappa shape index (κ2) is 6.23. The van der Waals surface area contributed by atoms with E-state index in [4.69, 9.17) is 5.73 Å². The summed E-state index contributed by atoms with van der Waals surface area (Å²) in [7, 11) is 2.15. The highest BCUT2D eigenvalue weighted by molar-refractivity contribution is 5.79. The molecule has 1 aliphatic heterocycles. The zero-order chi connectivity index (χ0) is 14.0. The van der Waals surface area contributed by atoms with Crippen LogP contribution in [0.15, 0.2) is 0 Å². The summed E-state index contributed by atoms with van der Waals surface area (Å²) in [6.45, 7) is 6.57. The summed E-state index contributed by atoms with van der Waals surface area (Å²) >= 11 is 0. The summed E-state index contributed by atoms with van der Waals surface area (Å²) in [6.07, 6.45) is 4.07. The zero-order valence-corrected chi connectivity index (χ0v) is 12.6. The van der Waals surface area contributed by atoms with Crippen LogP contribution in [0.5, 0.6) is 0 Å². The van der Waals surface area contributed by atoms with Crippen molar-refractivity contribution in [2.45, 2.75) is 51.6 Å². The third-order valence-electron chi connectivity index (χ3n) is 5.01. The zero-order valence-electron chi connectivity index (χ0n) is 12.6. The maximum absolute atomic E-state index is 12.5. The number of nitrogens with one attached hydrogen (secondary N) is 1. The van der Waals surface area contributed by atoms with Crippen LogP contribution in [0.1, 0.15) is 39.5 Å². The molecule has 110 valence electrons. The van der Waals surface area contributed by atoms with Crippen LogP contribution in [0.4, 0.5) is 0 Å². The molecule has 5 unspecified atom stereocenters. The molecule has 5 atom stereocenters. The largest absolute Gasteiger partial charge is 0.353 e. The fourth-order valence-corrected chi connectivity index (χ4v) is 3.58. The predicted molar refractivity (Wildman–Crippen MR) is 77.7 cm³/mol. The first-order chi connectivity index (χ1) is 8.97. The number of rotatable bonds is 2. The average Bonchev–Trinajstić information content (AvgIpc) is 2.35. The van der Waals surface area contributed by atoms with Crippen molar-refractivity contribution in [1.29, 1.82) is 0 Å². The molecule has 0 aromatic rings. The molecule has 2 fully saturated rings. The van der Waals surface area contributed by atoms with E-state index in [1.807, 2.05) is 0 Å². The van der Waals surface area contributed by atoms with Crippen molar-refractivity contribution in [3.05, 3.63) is 0 Å². The Morgan fingerprint density at radius 1 is 1.21 bits per heavy atom. The highest BCUT2D eigenvalue weighted by atomic mass is 16.2. The van der Waals surface area contributed by atoms with Crippen LogP contribution in [0.3, 0.4) is 0 Å². The normalized spacial score (nSPS) is 40.9. The van der Waals surface area contributed by atoms with Crippen molar-refractivity contribution in [1.82, 2.24) is 10.2 Å². The molecule has 1 amide bonds. The van der Waals surface area contributed by atoms with E-state index < -0.39 is 0 Å². The Kier molecular flexibility index (Phi) is 4.85. The van der Waals surface area contributed by atoms with Gasteiger partial charge in [-0.1, -0.05) is 13.8 Å². The molecule has 1 heterocycles. The van der Waals surface area contributed by atoms with Crippen molar-refractivity contribution in [3.8, 4) is 0 Å². The molecule has 3 N–H and O–H groups in total. The lowest BCUT2D eigenvalue weighted by molar-refractivity contribution is -0.129. The van der Waals surface area contributed by atoms with E-state index in [1.54, 1.807) is 0 Å². The van der Waals surface area contributed by atoms with Gasteiger partial charge in [0, 0.05) is 24.5 Å². The van der Waals surface area contributed by atoms with E-state index >= 15 is 0 Å². The van der Waals surface area contributed by atoms with Gasteiger partial charge in [-0.3, -0.25) is 4.79 Å². The van der Waals surface area contributed by atoms with Crippen LogP contribution in [-0.2, 0) is 4.79 Å². The molecule has 0 spiro atoms. The Balaban J connectivity index is 1.89. The van der Waals surface area contributed by atoms with Gasteiger partial charge >= 0.3 is 0 Å². The maximum atomic E-state index is 12.5. The van der Waals surface area contributed by atoms with E-state index in [2.05, 4.69) is 31.1 Å². The lowest BCUT2D eigenvalue weighted by atomic mass is 9.77. The Morgan fingerprint density at radius 2 is 1.95 bits per heavy atom. The average molecular weight is 267 g/mol. The summed E-state index contributed by atoms with van der Waals surface area (Å²) in [6, 6.07) is 0.552. The van der Waals surface area contributed by atoms with E-state index in [0.29, 0.717) is 17.9 Å². The first kappa shape index (κ1) is 14.8. The molecule has 19 heavy (non-hydrogen) atoms. The van der Waals surface area contributed by atoms with Crippen LogP contribution in [0.25, 0.3) is 0 Å². The summed E-state index contributed by atoms with van der Waals surface area (Å²) in [5.74, 6) is 1.37. The van der Waals surface area contributed by atoms with Gasteiger partial charge in [0.1, 0.15) is 0 Å². The van der Waals surface area contributed by atoms with Crippen molar-refractivity contribution in [2.24, 2.45) is 23.5 Å². The van der Waals surface area contributed by atoms with Crippen LogP contribution in [0.2, 0.25) is 0 Å². The van der Waals surface area contributed by atoms with Gasteiger partial charge in [-0.2, -0.15) is 0 Å². The number of nitrogens with two attached hydrogens (primary N) is 1. The van der Waals surface area contributed by atoms with E-state index in [1.165, 1.54) is 0 Å². The summed E-state index contributed by atoms with van der Waals surface area (Å²) in [5, 5.41) is 3.29. The Bertz CT molecular complexity index is 321. The smallest absolute Gasteiger partial charge is 0.223 e. The molecular formula is C15H29N3O. The molecule has 0 aromatic heterocycles. The predicted octanol–water partition coefficient (Wildman–Crippen LogP) is 1.21. The number of hydrogen-bond acceptors (Lipinski definition) is 3. The number of hydrogen-bond donors (Lipinski definition) is 2. The lowest BCUT2D eigenvalue weighted by Crippen LogP contribution is -2.52. The van der Waals surface area contributed by atoms with Gasteiger partial charge in [0.15, 0.2) is 0 Å². The van der Waals surface area contributed by atoms with Crippen molar-refractivity contribution < 1.29 is 4.79 Å². The monoisotopic (exact) mass is 267 g/mol. The molecule has 0 aromatic carbocycles. The first-order valence-corrected chi connectivity index (χ1v) is 7.72. The molecular weight excluding hydrogens is 238 g/mol. The van der Waals surface area contributed by atoms with Gasteiger partial charge in [0.2, 0.25) is 5.91 Å². The van der Waals surface area contributed by atoms with Gasteiger partial charge < -0.3 is 16.0 Å². The van der Waals surface area contributed by atoms with Gasteiger partial charge in [0.25, 0.3) is 0 Å². The number of likely N-dealkylation sites (tertiary alicyclic amines) is 1. The lowest BCUT2D eigenvalue weighted by Gasteiger charge is -2.38. The van der Waals surface area contributed by atoms with Gasteiger partial charge in [-0.05, 0) is 51.1 Å². The minimum atomic E-state index is 0.121. The molecule has 0 radical (unpaired) electrons. The van der Waals surface area contributed by atoms with Crippen LogP contribution in [0, 0.1) is 17.8 Å². The Hall–Kier alpha value is -0.610. The van der Waals surface area contributed by atoms with E-state index in [-0.39, 0.29) is 17.9 Å². The Morgan fingerprint density at radius 3 is 2.63 bits per heavy atom. The summed E-state index contributed by atoms with van der Waals surface area (Å²) in [4.78, 5) is 14.8. The van der Waals surface area contributed by atoms with Crippen LogP contribution in [-0.4, -0.2) is 43.0 Å². The van der Waals surface area contributed by atoms with E-state index in [9.17, 15) is 4.79 Å². The van der Waals surface area contributed by atoms with E-state index in [0.717, 1.165) is 38.8 Å². The van der Waals surface area contributed by atoms with Crippen LogP contribution >= 0.6 is 0 Å². The number of amides is 1. The van der Waals surface area contributed by atoms with Crippen molar-refractivity contribution in [3.63, 3.8) is 0 Å². The molecule has 1 saturated heterocycles. The standard InChI is InChI=1S/C15H29N3O/c1-10-4-5-12(16)8-13(10)15(19)17-14-6-7-18(3)9-11(14)2/h10-14H,4-9,16H2,1-3H3,(H,17,19). The minimum Gasteiger partial charge on any atom is -0.353 e. The number of nitrogens with zero attached hydrogens (tertiary/aromatic N) is 1. The third-order valence-corrected chi connectivity index (χ3v) is 5.01. The maximum Gasteiger partial charge on any atom is 0.223 e. The molecule has 1 saturated carbocycles. The Labute approximate surface area is 117 Å². The topological polar surface area (TPSA) is 58.4 Å². The fourth-order valence-electron chi connectivity index (χ4n) is 3.58. The van der Waals surface area contributed by atoms with Gasteiger partial charge in [-0.15, -0.1) is 0 Å². The molecule has 2 rings (SSSR count). The highest BCUT2D eigenvalue weighted by Crippen LogP contribution is 2.29. The molecule has 0 bridgehead atoms. The molecule has 2 aliphatic rings. The minimum absolute atomic E-state index is 0.121. The summed E-state index contributed by atoms with van der Waals surface area (Å²) < 4.78 is 0. The van der Waals surface area contributed by atoms with Gasteiger partial charge in [-0.25, -0.2) is 0 Å². The quantitative estimate of drug-likeness (QED) is 0.790. The first-order valence-electron chi connectivity index (χ1n) is 7.72. The van der Waals surface area contributed by atoms with Crippen molar-refractivity contribution in [2.75, 3.05) is 20.1 Å². The van der Waals surface area contributed by atoms with Crippen LogP contribution < -0.4 is 11.1 Å². The molecule has 4 nitrogen and oxygen atoms in total. The fraction of sp³-hybridized carbons (Fsp3) is 0.933. The van der Waals surface area contributed by atoms with Crippen molar-refractivity contribution >= 4 is 5.91 Å². The number of carbonyl (C=O) groups is 1. The third kappa shape index (κ3) is 3.69. The number of carbonyl (C=O) groups excluding carboxylic acids is 1. The SMILES string of the molecule is CC1CN(C)CCC1NC(=O)C1CC(N)CCC1C. The van der Waals surface area contributed by atoms with Gasteiger partial charge in [0.05, 0.1) is 0 Å². The second-order valence-corrected chi connectivity index (χ2v) is 6.80. The second-order valence-electron chi connectivity index (χ2n) is 6.80. The highest BCUT2D eigenvalue weighted by Gasteiger charge is 2.33.